The zero-order chi connectivity index (χ0) is 15.9. The first-order valence-electron chi connectivity index (χ1n) is 6.35. The number of hydrogen-bond donors (Lipinski definition) is 3. The Bertz CT molecular complexity index is 743. The quantitative estimate of drug-likeness (QED) is 0.415. The lowest BCUT2D eigenvalue weighted by molar-refractivity contribution is -0.120. The summed E-state index contributed by atoms with van der Waals surface area (Å²) in [6.45, 7) is 0. The van der Waals surface area contributed by atoms with E-state index in [1.165, 1.54) is 19.4 Å². The number of H-pyrrole nitrogens is 2. The van der Waals surface area contributed by atoms with Gasteiger partial charge >= 0.3 is 5.97 Å². The van der Waals surface area contributed by atoms with Gasteiger partial charge in [-0.3, -0.25) is 14.7 Å². The Morgan fingerprint density at radius 3 is 2.59 bits per heavy atom. The number of carbonyl (C=O) groups is 2. The highest BCUT2D eigenvalue weighted by molar-refractivity contribution is 5.90. The highest BCUT2D eigenvalue weighted by atomic mass is 16.5. The summed E-state index contributed by atoms with van der Waals surface area (Å²) in [4.78, 5) is 33.7. The number of nitrogens with zero attached hydrogens (tertiary/aromatic N) is 1. The van der Waals surface area contributed by atoms with Gasteiger partial charge in [0.05, 0.1) is 25.3 Å². The van der Waals surface area contributed by atoms with E-state index >= 15 is 0 Å². The molecule has 0 aliphatic carbocycles. The van der Waals surface area contributed by atoms with Gasteiger partial charge in [-0.1, -0.05) is 12.1 Å². The molecule has 0 atom stereocenters. The van der Waals surface area contributed by atoms with Gasteiger partial charge < -0.3 is 9.84 Å². The Morgan fingerprint density at radius 2 is 2.00 bits per heavy atom. The fourth-order valence-corrected chi connectivity index (χ4v) is 1.68. The largest absolute Gasteiger partial charge is 0.465 e. The number of aromatic nitrogens is 2. The lowest BCUT2D eigenvalue weighted by Crippen LogP contribution is -2.20. The molecule has 114 valence electrons. The Kier molecular flexibility index (Phi) is 4.86. The van der Waals surface area contributed by atoms with Crippen LogP contribution in [0.15, 0.2) is 40.2 Å². The van der Waals surface area contributed by atoms with Gasteiger partial charge in [-0.25, -0.2) is 10.2 Å². The molecule has 0 fully saturated rings. The smallest absolute Gasteiger partial charge is 0.337 e. The van der Waals surface area contributed by atoms with Gasteiger partial charge in [-0.2, -0.15) is 5.10 Å². The van der Waals surface area contributed by atoms with Crippen molar-refractivity contribution < 1.29 is 14.3 Å². The normalized spacial score (nSPS) is 10.6. The van der Waals surface area contributed by atoms with Gasteiger partial charge in [-0.05, 0) is 17.7 Å². The molecule has 1 amide bonds. The average Bonchev–Trinajstić information content (AvgIpc) is 2.92. The van der Waals surface area contributed by atoms with Crippen molar-refractivity contribution in [3.63, 3.8) is 0 Å². The number of aromatic amines is 2. The van der Waals surface area contributed by atoms with E-state index in [2.05, 4.69) is 25.5 Å². The minimum absolute atomic E-state index is 0.0113. The van der Waals surface area contributed by atoms with E-state index in [0.717, 1.165) is 0 Å². The van der Waals surface area contributed by atoms with Crippen molar-refractivity contribution in [3.05, 3.63) is 57.5 Å². The molecule has 0 saturated carbocycles. The molecule has 1 heterocycles. The van der Waals surface area contributed by atoms with Gasteiger partial charge in [0.1, 0.15) is 0 Å². The van der Waals surface area contributed by atoms with Crippen molar-refractivity contribution >= 4 is 18.1 Å². The van der Waals surface area contributed by atoms with Crippen LogP contribution in [0.2, 0.25) is 0 Å². The molecule has 1 aromatic heterocycles. The second kappa shape index (κ2) is 7.02. The van der Waals surface area contributed by atoms with Gasteiger partial charge in [0.2, 0.25) is 5.91 Å². The van der Waals surface area contributed by atoms with Crippen molar-refractivity contribution in [1.82, 2.24) is 15.6 Å². The number of rotatable bonds is 5. The summed E-state index contributed by atoms with van der Waals surface area (Å²) >= 11 is 0. The highest BCUT2D eigenvalue weighted by Gasteiger charge is 2.05. The molecule has 8 nitrogen and oxygen atoms in total. The van der Waals surface area contributed by atoms with E-state index in [4.69, 9.17) is 0 Å². The zero-order valence-electron chi connectivity index (χ0n) is 11.8. The second-order valence-electron chi connectivity index (χ2n) is 4.37. The summed E-state index contributed by atoms with van der Waals surface area (Å²) < 4.78 is 4.59. The third-order valence-electron chi connectivity index (χ3n) is 2.74. The Hall–Kier alpha value is -3.16. The van der Waals surface area contributed by atoms with Crippen LogP contribution in [0.25, 0.3) is 0 Å². The summed E-state index contributed by atoms with van der Waals surface area (Å²) in [5.74, 6) is -0.782. The van der Waals surface area contributed by atoms with E-state index in [1.54, 1.807) is 24.3 Å². The Labute approximate surface area is 125 Å². The molecule has 0 radical (unpaired) electrons. The summed E-state index contributed by atoms with van der Waals surface area (Å²) in [5.41, 5.74) is 3.66. The van der Waals surface area contributed by atoms with Crippen LogP contribution in [0.4, 0.5) is 0 Å². The first kappa shape index (κ1) is 15.2. The number of hydrazone groups is 1. The van der Waals surface area contributed by atoms with E-state index < -0.39 is 5.97 Å². The fourth-order valence-electron chi connectivity index (χ4n) is 1.68. The molecule has 2 rings (SSSR count). The molecule has 0 unspecified atom stereocenters. The standard InChI is InChI=1S/C14H14N4O4/c1-22-14(21)10-4-2-9(3-5-10)8-15-17-12(19)6-11-7-13(20)18-16-11/h2-5,7-8H,6H2,1H3,(H,17,19)(H2,16,18,20)/b15-8+. The summed E-state index contributed by atoms with van der Waals surface area (Å²) in [6, 6.07) is 7.84. The van der Waals surface area contributed by atoms with Gasteiger partial charge in [0.25, 0.3) is 5.56 Å². The van der Waals surface area contributed by atoms with E-state index in [1.807, 2.05) is 0 Å². The molecular formula is C14H14N4O4. The van der Waals surface area contributed by atoms with Gasteiger partial charge in [0.15, 0.2) is 0 Å². The number of nitrogens with one attached hydrogen (secondary N) is 3. The van der Waals surface area contributed by atoms with Crippen molar-refractivity contribution in [2.45, 2.75) is 6.42 Å². The molecule has 0 saturated heterocycles. The highest BCUT2D eigenvalue weighted by Crippen LogP contribution is 2.03. The molecule has 1 aromatic carbocycles. The van der Waals surface area contributed by atoms with Crippen molar-refractivity contribution in [1.29, 1.82) is 0 Å². The van der Waals surface area contributed by atoms with Crippen molar-refractivity contribution in [2.75, 3.05) is 7.11 Å². The third kappa shape index (κ3) is 4.17. The van der Waals surface area contributed by atoms with Crippen LogP contribution in [0.3, 0.4) is 0 Å². The van der Waals surface area contributed by atoms with Crippen molar-refractivity contribution in [3.8, 4) is 0 Å². The second-order valence-corrected chi connectivity index (χ2v) is 4.37. The Balaban J connectivity index is 1.87. The minimum atomic E-state index is -0.419. The molecule has 2 aromatic rings. The van der Waals surface area contributed by atoms with Gasteiger partial charge in [-0.15, -0.1) is 0 Å². The Morgan fingerprint density at radius 1 is 1.27 bits per heavy atom. The van der Waals surface area contributed by atoms with Crippen LogP contribution in [-0.2, 0) is 16.0 Å². The molecule has 22 heavy (non-hydrogen) atoms. The molecule has 8 heteroatoms. The predicted molar refractivity (Wildman–Crippen MR) is 78.6 cm³/mol. The van der Waals surface area contributed by atoms with Crippen LogP contribution in [0, 0.1) is 0 Å². The third-order valence-corrected chi connectivity index (χ3v) is 2.74. The molecule has 3 N–H and O–H groups in total. The van der Waals surface area contributed by atoms with Crippen molar-refractivity contribution in [2.24, 2.45) is 5.10 Å². The van der Waals surface area contributed by atoms with Crippen LogP contribution < -0.4 is 11.0 Å². The molecule has 0 aliphatic rings. The summed E-state index contributed by atoms with van der Waals surface area (Å²) in [7, 11) is 1.31. The maximum atomic E-state index is 11.6. The molecular weight excluding hydrogens is 288 g/mol. The summed E-state index contributed by atoms with van der Waals surface area (Å²) in [6.07, 6.45) is 1.45. The maximum Gasteiger partial charge on any atom is 0.337 e. The zero-order valence-corrected chi connectivity index (χ0v) is 11.8. The first-order chi connectivity index (χ1) is 10.6. The molecule has 0 aliphatic heterocycles. The van der Waals surface area contributed by atoms with Gasteiger partial charge in [0, 0.05) is 11.8 Å². The van der Waals surface area contributed by atoms with E-state index in [-0.39, 0.29) is 17.9 Å². The monoisotopic (exact) mass is 302 g/mol. The fraction of sp³-hybridized carbons (Fsp3) is 0.143. The van der Waals surface area contributed by atoms with Crippen LogP contribution in [-0.4, -0.2) is 35.4 Å². The average molecular weight is 302 g/mol. The van der Waals surface area contributed by atoms with Crippen LogP contribution in [0.5, 0.6) is 0 Å². The number of esters is 1. The minimum Gasteiger partial charge on any atom is -0.465 e. The van der Waals surface area contributed by atoms with E-state index in [0.29, 0.717) is 16.8 Å². The van der Waals surface area contributed by atoms with Crippen LogP contribution >= 0.6 is 0 Å². The predicted octanol–water partition coefficient (Wildman–Crippen LogP) is 0.182. The lowest BCUT2D eigenvalue weighted by Gasteiger charge is -1.99. The SMILES string of the molecule is COC(=O)c1ccc(/C=N/NC(=O)Cc2cc(=O)[nH][nH]2)cc1. The number of benzene rings is 1. The topological polar surface area (TPSA) is 116 Å². The lowest BCUT2D eigenvalue weighted by atomic mass is 10.1. The maximum absolute atomic E-state index is 11.6. The number of amides is 1. The number of carbonyl (C=O) groups excluding carboxylic acids is 2. The molecule has 0 bridgehead atoms. The first-order valence-corrected chi connectivity index (χ1v) is 6.35. The summed E-state index contributed by atoms with van der Waals surface area (Å²) in [5, 5.41) is 8.71. The number of methoxy groups -OCH3 is 1. The molecule has 0 spiro atoms. The van der Waals surface area contributed by atoms with Crippen LogP contribution in [0.1, 0.15) is 21.6 Å². The number of hydrogen-bond acceptors (Lipinski definition) is 5. The van der Waals surface area contributed by atoms with E-state index in [9.17, 15) is 14.4 Å². The number of ether oxygens (including phenoxy) is 1.